The van der Waals surface area contributed by atoms with Crippen LogP contribution in [-0.2, 0) is 11.2 Å². The molecule has 130 valence electrons. The summed E-state index contributed by atoms with van der Waals surface area (Å²) in [5.41, 5.74) is 0. The molecule has 1 fully saturated rings. The van der Waals surface area contributed by atoms with Crippen molar-refractivity contribution in [1.82, 2.24) is 15.1 Å². The van der Waals surface area contributed by atoms with E-state index < -0.39 is 11.2 Å². The van der Waals surface area contributed by atoms with Crippen molar-refractivity contribution in [3.05, 3.63) is 30.3 Å². The van der Waals surface area contributed by atoms with E-state index in [0.29, 0.717) is 11.8 Å². The van der Waals surface area contributed by atoms with Crippen LogP contribution in [0.25, 0.3) is 0 Å². The van der Waals surface area contributed by atoms with Gasteiger partial charge in [-0.05, 0) is 42.8 Å². The first-order valence-corrected chi connectivity index (χ1v) is 11.2. The zero-order valence-corrected chi connectivity index (χ0v) is 16.9. The fourth-order valence-electron chi connectivity index (χ4n) is 2.86. The molecule has 0 saturated carbocycles. The third kappa shape index (κ3) is 6.88. The molecule has 1 aliphatic heterocycles. The minimum Gasteiger partial charge on any atom is -0.611 e. The molecule has 1 aliphatic rings. The van der Waals surface area contributed by atoms with Crippen LogP contribution in [0.3, 0.4) is 0 Å². The van der Waals surface area contributed by atoms with Crippen molar-refractivity contribution in [2.75, 3.05) is 49.6 Å². The lowest BCUT2D eigenvalue weighted by atomic mass is 10.2. The number of halogens is 1. The Kier molecular flexibility index (Phi) is 9.22. The van der Waals surface area contributed by atoms with Gasteiger partial charge in [-0.1, -0.05) is 47.7 Å². The van der Waals surface area contributed by atoms with Crippen molar-refractivity contribution in [2.45, 2.75) is 24.3 Å². The molecular weight excluding hydrogens is 421 g/mol. The maximum Gasteiger partial charge on any atom is 0.152 e. The fourth-order valence-corrected chi connectivity index (χ4v) is 4.84. The standard InChI is InChI=1S/C17H28IN3OS/c1-2-19-16(14-23(22)17-6-4-3-5-7-17)8-9-20-10-12-21(15-18)13-11-20/h3-7,16,19H,2,8-15H2,1H3. The van der Waals surface area contributed by atoms with Gasteiger partial charge in [0.1, 0.15) is 5.75 Å². The van der Waals surface area contributed by atoms with E-state index in [4.69, 9.17) is 0 Å². The zero-order valence-electron chi connectivity index (χ0n) is 13.9. The molecule has 4 nitrogen and oxygen atoms in total. The smallest absolute Gasteiger partial charge is 0.152 e. The Morgan fingerprint density at radius 2 is 1.83 bits per heavy atom. The molecule has 0 bridgehead atoms. The second kappa shape index (κ2) is 10.9. The second-order valence-electron chi connectivity index (χ2n) is 5.95. The summed E-state index contributed by atoms with van der Waals surface area (Å²) in [6, 6.07) is 10.1. The summed E-state index contributed by atoms with van der Waals surface area (Å²) >= 11 is 1.52. The van der Waals surface area contributed by atoms with Crippen LogP contribution in [0, 0.1) is 0 Å². The van der Waals surface area contributed by atoms with E-state index in [2.05, 4.69) is 44.6 Å². The average molecular weight is 449 g/mol. The van der Waals surface area contributed by atoms with E-state index in [1.54, 1.807) is 0 Å². The minimum absolute atomic E-state index is 0.323. The lowest BCUT2D eigenvalue weighted by molar-refractivity contribution is 0.147. The quantitative estimate of drug-likeness (QED) is 0.272. The first-order valence-electron chi connectivity index (χ1n) is 8.40. The number of nitrogens with zero attached hydrogens (tertiary/aromatic N) is 2. The lowest BCUT2D eigenvalue weighted by Crippen LogP contribution is -2.47. The van der Waals surface area contributed by atoms with E-state index in [-0.39, 0.29) is 0 Å². The van der Waals surface area contributed by atoms with Crippen molar-refractivity contribution in [3.8, 4) is 0 Å². The molecule has 1 saturated heterocycles. The third-order valence-corrected chi connectivity index (χ3v) is 6.75. The van der Waals surface area contributed by atoms with Crippen LogP contribution in [0.4, 0.5) is 0 Å². The van der Waals surface area contributed by atoms with Crippen molar-refractivity contribution in [3.63, 3.8) is 0 Å². The van der Waals surface area contributed by atoms with Crippen LogP contribution in [0.1, 0.15) is 13.3 Å². The highest BCUT2D eigenvalue weighted by Gasteiger charge is 2.21. The molecular formula is C17H28IN3OS. The van der Waals surface area contributed by atoms with Gasteiger partial charge in [-0.2, -0.15) is 0 Å². The summed E-state index contributed by atoms with van der Waals surface area (Å²) in [6.45, 7) is 8.80. The summed E-state index contributed by atoms with van der Waals surface area (Å²) < 4.78 is 13.6. The number of benzene rings is 1. The van der Waals surface area contributed by atoms with Crippen LogP contribution >= 0.6 is 22.6 Å². The van der Waals surface area contributed by atoms with Crippen LogP contribution in [0.5, 0.6) is 0 Å². The predicted octanol–water partition coefficient (Wildman–Crippen LogP) is 2.17. The molecule has 2 unspecified atom stereocenters. The first-order chi connectivity index (χ1) is 11.2. The predicted molar refractivity (Wildman–Crippen MR) is 107 cm³/mol. The molecule has 0 aliphatic carbocycles. The summed E-state index contributed by atoms with van der Waals surface area (Å²) in [6.07, 6.45) is 1.07. The minimum atomic E-state index is -0.919. The van der Waals surface area contributed by atoms with Gasteiger partial charge in [0, 0.05) is 26.2 Å². The Balaban J connectivity index is 1.77. The normalized spacial score (nSPS) is 19.6. The Hall–Kier alpha value is 0.140. The van der Waals surface area contributed by atoms with E-state index >= 15 is 0 Å². The van der Waals surface area contributed by atoms with Gasteiger partial charge in [-0.25, -0.2) is 0 Å². The summed E-state index contributed by atoms with van der Waals surface area (Å²) in [7, 11) is 0. The zero-order chi connectivity index (χ0) is 16.5. The molecule has 0 aromatic heterocycles. The van der Waals surface area contributed by atoms with Crippen LogP contribution in [0.2, 0.25) is 0 Å². The summed E-state index contributed by atoms with van der Waals surface area (Å²) in [5.74, 6) is 0.700. The lowest BCUT2D eigenvalue weighted by Gasteiger charge is -2.34. The topological polar surface area (TPSA) is 41.6 Å². The number of hydrogen-bond donors (Lipinski definition) is 1. The van der Waals surface area contributed by atoms with Gasteiger partial charge in [0.15, 0.2) is 4.90 Å². The van der Waals surface area contributed by atoms with Crippen molar-refractivity contribution >= 4 is 33.8 Å². The summed E-state index contributed by atoms with van der Waals surface area (Å²) in [5, 5.41) is 3.51. The van der Waals surface area contributed by atoms with Gasteiger partial charge in [-0.3, -0.25) is 4.90 Å². The van der Waals surface area contributed by atoms with E-state index in [9.17, 15) is 4.55 Å². The maximum atomic E-state index is 12.5. The Labute approximate surface area is 157 Å². The molecule has 2 rings (SSSR count). The summed E-state index contributed by atoms with van der Waals surface area (Å²) in [4.78, 5) is 5.97. The Bertz CT molecular complexity index is 429. The van der Waals surface area contributed by atoms with Crippen molar-refractivity contribution in [1.29, 1.82) is 0 Å². The number of alkyl halides is 1. The van der Waals surface area contributed by atoms with Crippen LogP contribution < -0.4 is 5.32 Å². The van der Waals surface area contributed by atoms with Gasteiger partial charge in [0.2, 0.25) is 0 Å². The van der Waals surface area contributed by atoms with E-state index in [1.165, 1.54) is 13.1 Å². The third-order valence-electron chi connectivity index (χ3n) is 4.28. The van der Waals surface area contributed by atoms with Gasteiger partial charge >= 0.3 is 0 Å². The molecule has 23 heavy (non-hydrogen) atoms. The molecule has 2 atom stereocenters. The molecule has 1 heterocycles. The molecule has 6 heteroatoms. The molecule has 0 radical (unpaired) electrons. The monoisotopic (exact) mass is 449 g/mol. The highest BCUT2D eigenvalue weighted by atomic mass is 127. The number of hydrogen-bond acceptors (Lipinski definition) is 4. The van der Waals surface area contributed by atoms with Crippen LogP contribution in [-0.4, -0.2) is 70.0 Å². The molecule has 1 aromatic rings. The highest BCUT2D eigenvalue weighted by Crippen LogP contribution is 2.13. The van der Waals surface area contributed by atoms with Crippen LogP contribution in [0.15, 0.2) is 35.2 Å². The van der Waals surface area contributed by atoms with Crippen molar-refractivity contribution in [2.24, 2.45) is 0 Å². The Morgan fingerprint density at radius 3 is 2.43 bits per heavy atom. The van der Waals surface area contributed by atoms with Gasteiger partial charge in [0.25, 0.3) is 0 Å². The Morgan fingerprint density at radius 1 is 1.17 bits per heavy atom. The SMILES string of the molecule is CCNC(CCN1CCN(CI)CC1)C[S+]([O-])c1ccccc1. The molecule has 0 spiro atoms. The molecule has 0 amide bonds. The molecule has 1 aromatic carbocycles. The van der Waals surface area contributed by atoms with E-state index in [1.807, 2.05) is 30.3 Å². The highest BCUT2D eigenvalue weighted by molar-refractivity contribution is 14.1. The van der Waals surface area contributed by atoms with E-state index in [0.717, 1.165) is 42.0 Å². The second-order valence-corrected chi connectivity index (χ2v) is 8.13. The number of piperazine rings is 1. The first kappa shape index (κ1) is 19.5. The van der Waals surface area contributed by atoms with Gasteiger partial charge in [0.05, 0.1) is 10.6 Å². The van der Waals surface area contributed by atoms with Gasteiger partial charge in [-0.15, -0.1) is 0 Å². The van der Waals surface area contributed by atoms with Crippen molar-refractivity contribution < 1.29 is 4.55 Å². The number of nitrogens with one attached hydrogen (secondary N) is 1. The molecule has 1 N–H and O–H groups in total. The van der Waals surface area contributed by atoms with Gasteiger partial charge < -0.3 is 14.8 Å². The number of rotatable bonds is 9. The largest absolute Gasteiger partial charge is 0.611 e. The fraction of sp³-hybridized carbons (Fsp3) is 0.647. The maximum absolute atomic E-state index is 12.5. The average Bonchev–Trinajstić information content (AvgIpc) is 2.61.